The summed E-state index contributed by atoms with van der Waals surface area (Å²) in [4.78, 5) is 0. The largest absolute Gasteiger partial charge is 0.409 e. The molecule has 1 saturated heterocycles. The minimum absolute atomic E-state index is 0.00134. The summed E-state index contributed by atoms with van der Waals surface area (Å²) in [5.41, 5.74) is 5.38. The van der Waals surface area contributed by atoms with E-state index >= 15 is 0 Å². The molecule has 0 aromatic rings. The van der Waals surface area contributed by atoms with Crippen molar-refractivity contribution in [3.63, 3.8) is 0 Å². The van der Waals surface area contributed by atoms with E-state index in [0.717, 1.165) is 12.8 Å². The zero-order valence-corrected chi connectivity index (χ0v) is 12.3. The number of amidine groups is 1. The standard InChI is InChI=1S/C11H23N3O4S/c1-9(2)14(6-5-11(12)13-15)19(16,17)8-10-4-3-7-18-10/h9-10,15H,3-8H2,1-2H3,(H2,12,13). The molecule has 0 aromatic heterocycles. The van der Waals surface area contributed by atoms with Crippen LogP contribution in [0.5, 0.6) is 0 Å². The second-order valence-electron chi connectivity index (χ2n) is 4.96. The van der Waals surface area contributed by atoms with Crippen LogP contribution in [0.25, 0.3) is 0 Å². The van der Waals surface area contributed by atoms with E-state index in [9.17, 15) is 8.42 Å². The first-order valence-corrected chi connectivity index (χ1v) is 8.05. The van der Waals surface area contributed by atoms with Crippen LogP contribution in [0.4, 0.5) is 0 Å². The SMILES string of the molecule is CC(C)N(CCC(N)=NO)S(=O)(=O)CC1CCCO1. The van der Waals surface area contributed by atoms with Gasteiger partial charge in [0.25, 0.3) is 0 Å². The Kier molecular flexibility index (Phi) is 6.02. The molecule has 112 valence electrons. The summed E-state index contributed by atoms with van der Waals surface area (Å²) in [6, 6.07) is -0.169. The molecule has 1 fully saturated rings. The van der Waals surface area contributed by atoms with Crippen molar-refractivity contribution in [2.75, 3.05) is 18.9 Å². The third kappa shape index (κ3) is 4.96. The lowest BCUT2D eigenvalue weighted by Crippen LogP contribution is -2.42. The topological polar surface area (TPSA) is 105 Å². The number of oxime groups is 1. The van der Waals surface area contributed by atoms with Crippen molar-refractivity contribution in [3.05, 3.63) is 0 Å². The minimum Gasteiger partial charge on any atom is -0.409 e. The quantitative estimate of drug-likeness (QED) is 0.305. The van der Waals surface area contributed by atoms with Crippen molar-refractivity contribution < 1.29 is 18.4 Å². The first kappa shape index (κ1) is 16.2. The maximum absolute atomic E-state index is 12.3. The Balaban J connectivity index is 2.67. The summed E-state index contributed by atoms with van der Waals surface area (Å²) in [6.07, 6.45) is 1.69. The fourth-order valence-corrected chi connectivity index (χ4v) is 4.04. The Morgan fingerprint density at radius 3 is 2.74 bits per heavy atom. The number of sulfonamides is 1. The minimum atomic E-state index is -3.39. The van der Waals surface area contributed by atoms with Gasteiger partial charge in [0.15, 0.2) is 0 Å². The zero-order valence-electron chi connectivity index (χ0n) is 11.4. The van der Waals surface area contributed by atoms with Gasteiger partial charge >= 0.3 is 0 Å². The number of rotatable bonds is 7. The van der Waals surface area contributed by atoms with E-state index in [2.05, 4.69) is 5.16 Å². The van der Waals surface area contributed by atoms with Crippen molar-refractivity contribution in [1.29, 1.82) is 0 Å². The number of hydrogen-bond donors (Lipinski definition) is 2. The molecular weight excluding hydrogens is 270 g/mol. The van der Waals surface area contributed by atoms with Gasteiger partial charge in [-0.25, -0.2) is 8.42 Å². The van der Waals surface area contributed by atoms with Gasteiger partial charge in [0.2, 0.25) is 10.0 Å². The molecule has 1 unspecified atom stereocenters. The van der Waals surface area contributed by atoms with Crippen LogP contribution in [-0.4, -0.2) is 54.8 Å². The summed E-state index contributed by atoms with van der Waals surface area (Å²) in [6.45, 7) is 4.45. The summed E-state index contributed by atoms with van der Waals surface area (Å²) >= 11 is 0. The molecule has 19 heavy (non-hydrogen) atoms. The predicted octanol–water partition coefficient (Wildman–Crippen LogP) is 0.342. The fraction of sp³-hybridized carbons (Fsp3) is 0.909. The lowest BCUT2D eigenvalue weighted by Gasteiger charge is -2.26. The van der Waals surface area contributed by atoms with Crippen LogP contribution in [0.1, 0.15) is 33.1 Å². The molecule has 0 saturated carbocycles. The normalized spacial score (nSPS) is 21.5. The van der Waals surface area contributed by atoms with Crippen molar-refractivity contribution >= 4 is 15.9 Å². The summed E-state index contributed by atoms with van der Waals surface area (Å²) in [5, 5.41) is 11.3. The van der Waals surface area contributed by atoms with Crippen molar-refractivity contribution in [3.8, 4) is 0 Å². The highest BCUT2D eigenvalue weighted by atomic mass is 32.2. The Morgan fingerprint density at radius 1 is 1.58 bits per heavy atom. The maximum atomic E-state index is 12.3. The molecule has 7 nitrogen and oxygen atoms in total. The summed E-state index contributed by atoms with van der Waals surface area (Å²) in [7, 11) is -3.39. The van der Waals surface area contributed by atoms with Gasteiger partial charge < -0.3 is 15.7 Å². The first-order valence-electron chi connectivity index (χ1n) is 6.44. The lowest BCUT2D eigenvalue weighted by molar-refractivity contribution is 0.126. The van der Waals surface area contributed by atoms with Crippen LogP contribution in [0, 0.1) is 0 Å². The van der Waals surface area contributed by atoms with E-state index in [-0.39, 0.29) is 36.7 Å². The molecule has 0 aliphatic carbocycles. The molecule has 8 heteroatoms. The molecule has 1 aliphatic rings. The Morgan fingerprint density at radius 2 is 2.26 bits per heavy atom. The third-order valence-electron chi connectivity index (χ3n) is 3.07. The van der Waals surface area contributed by atoms with Gasteiger partial charge in [-0.15, -0.1) is 0 Å². The third-order valence-corrected chi connectivity index (χ3v) is 5.18. The molecule has 0 spiro atoms. The van der Waals surface area contributed by atoms with Crippen molar-refractivity contribution in [2.45, 2.75) is 45.3 Å². The van der Waals surface area contributed by atoms with Crippen LogP contribution in [0.2, 0.25) is 0 Å². The molecule has 3 N–H and O–H groups in total. The van der Waals surface area contributed by atoms with Gasteiger partial charge in [0, 0.05) is 25.6 Å². The van der Waals surface area contributed by atoms with Gasteiger partial charge in [-0.2, -0.15) is 4.31 Å². The van der Waals surface area contributed by atoms with Crippen molar-refractivity contribution in [1.82, 2.24) is 4.31 Å². The van der Waals surface area contributed by atoms with Gasteiger partial charge in [0.05, 0.1) is 11.9 Å². The number of ether oxygens (including phenoxy) is 1. The molecule has 0 amide bonds. The van der Waals surface area contributed by atoms with E-state index in [1.165, 1.54) is 4.31 Å². The predicted molar refractivity (Wildman–Crippen MR) is 72.6 cm³/mol. The summed E-state index contributed by atoms with van der Waals surface area (Å²) in [5.74, 6) is 0.0272. The highest BCUT2D eigenvalue weighted by Gasteiger charge is 2.30. The molecule has 0 aromatic carbocycles. The van der Waals surface area contributed by atoms with Gasteiger partial charge in [-0.3, -0.25) is 0 Å². The smallest absolute Gasteiger partial charge is 0.216 e. The molecule has 1 heterocycles. The van der Waals surface area contributed by atoms with Crippen molar-refractivity contribution in [2.24, 2.45) is 10.9 Å². The van der Waals surface area contributed by atoms with E-state index < -0.39 is 10.0 Å². The van der Waals surface area contributed by atoms with Crippen LogP contribution >= 0.6 is 0 Å². The Hall–Kier alpha value is -0.860. The molecule has 1 rings (SSSR count). The maximum Gasteiger partial charge on any atom is 0.216 e. The van der Waals surface area contributed by atoms with E-state index in [1.54, 1.807) is 13.8 Å². The lowest BCUT2D eigenvalue weighted by atomic mass is 10.3. The molecule has 1 aliphatic heterocycles. The molecular formula is C11H23N3O4S. The van der Waals surface area contributed by atoms with Crippen LogP contribution < -0.4 is 5.73 Å². The van der Waals surface area contributed by atoms with E-state index in [1.807, 2.05) is 0 Å². The van der Waals surface area contributed by atoms with Crippen LogP contribution in [-0.2, 0) is 14.8 Å². The van der Waals surface area contributed by atoms with E-state index in [0.29, 0.717) is 6.61 Å². The van der Waals surface area contributed by atoms with Gasteiger partial charge in [-0.05, 0) is 26.7 Å². The molecule has 1 atom stereocenters. The average molecular weight is 293 g/mol. The number of nitrogens with zero attached hydrogens (tertiary/aromatic N) is 2. The number of hydrogen-bond acceptors (Lipinski definition) is 5. The van der Waals surface area contributed by atoms with Crippen LogP contribution in [0.15, 0.2) is 5.16 Å². The van der Waals surface area contributed by atoms with Gasteiger partial charge in [0.1, 0.15) is 5.84 Å². The summed E-state index contributed by atoms with van der Waals surface area (Å²) < 4.78 is 31.4. The highest BCUT2D eigenvalue weighted by molar-refractivity contribution is 7.89. The second kappa shape index (κ2) is 7.06. The van der Waals surface area contributed by atoms with E-state index in [4.69, 9.17) is 15.7 Å². The molecule has 0 radical (unpaired) electrons. The monoisotopic (exact) mass is 293 g/mol. The number of nitrogens with two attached hydrogens (primary N) is 1. The molecule has 0 bridgehead atoms. The first-order chi connectivity index (χ1) is 8.86. The average Bonchev–Trinajstić information content (AvgIpc) is 2.79. The zero-order chi connectivity index (χ0) is 14.5. The Labute approximate surface area is 114 Å². The Bertz CT molecular complexity index is 402. The van der Waals surface area contributed by atoms with Crippen LogP contribution in [0.3, 0.4) is 0 Å². The fourth-order valence-electron chi connectivity index (χ4n) is 2.10. The highest BCUT2D eigenvalue weighted by Crippen LogP contribution is 2.17. The second-order valence-corrected chi connectivity index (χ2v) is 6.93. The van der Waals surface area contributed by atoms with Gasteiger partial charge in [-0.1, -0.05) is 5.16 Å².